The number of carbonyl (C=O) groups is 1. The van der Waals surface area contributed by atoms with Gasteiger partial charge < -0.3 is 10.2 Å². The summed E-state index contributed by atoms with van der Waals surface area (Å²) in [7, 11) is 0. The number of aromatic nitrogens is 4. The topological polar surface area (TPSA) is 75.9 Å². The van der Waals surface area contributed by atoms with E-state index in [1.807, 2.05) is 4.90 Å². The molecule has 0 aliphatic carbocycles. The summed E-state index contributed by atoms with van der Waals surface area (Å²) in [6, 6.07) is 1.68. The summed E-state index contributed by atoms with van der Waals surface area (Å²) in [5, 5.41) is 11.2. The van der Waals surface area contributed by atoms with Crippen LogP contribution in [0.25, 0.3) is 0 Å². The third-order valence-corrected chi connectivity index (χ3v) is 4.12. The zero-order valence-electron chi connectivity index (χ0n) is 12.8. The average Bonchev–Trinajstić information content (AvgIpc) is 3.10. The molecular formula is C15H19ClN6O. The van der Waals surface area contributed by atoms with Gasteiger partial charge >= 0.3 is 0 Å². The molecule has 2 aromatic heterocycles. The zero-order valence-corrected chi connectivity index (χ0v) is 13.5. The highest BCUT2D eigenvalue weighted by Crippen LogP contribution is 2.21. The Labute approximate surface area is 139 Å². The maximum absolute atomic E-state index is 12.4. The third-order valence-electron chi connectivity index (χ3n) is 3.84. The molecule has 3 rings (SSSR count). The Morgan fingerprint density at radius 1 is 1.30 bits per heavy atom. The molecule has 0 aromatic carbocycles. The molecule has 122 valence electrons. The van der Waals surface area contributed by atoms with Crippen molar-refractivity contribution in [2.75, 3.05) is 25.0 Å². The molecule has 0 atom stereocenters. The van der Waals surface area contributed by atoms with Crippen LogP contribution in [0, 0.1) is 0 Å². The number of hydrogen-bond donors (Lipinski definition) is 1. The van der Waals surface area contributed by atoms with Gasteiger partial charge in [0.25, 0.3) is 5.91 Å². The van der Waals surface area contributed by atoms with E-state index in [-0.39, 0.29) is 5.91 Å². The van der Waals surface area contributed by atoms with E-state index in [2.05, 4.69) is 20.6 Å². The number of hydrogen-bond acceptors (Lipinski definition) is 5. The van der Waals surface area contributed by atoms with E-state index in [4.69, 9.17) is 11.6 Å². The first kappa shape index (κ1) is 15.7. The fourth-order valence-corrected chi connectivity index (χ4v) is 2.84. The minimum atomic E-state index is 0.00765. The predicted molar refractivity (Wildman–Crippen MR) is 87.5 cm³/mol. The molecule has 3 heterocycles. The molecule has 1 amide bonds. The van der Waals surface area contributed by atoms with Gasteiger partial charge in [0.2, 0.25) is 0 Å². The van der Waals surface area contributed by atoms with Crippen LogP contribution in [-0.2, 0) is 6.54 Å². The lowest BCUT2D eigenvalue weighted by Gasteiger charge is -2.26. The van der Waals surface area contributed by atoms with Crippen LogP contribution in [0.15, 0.2) is 24.7 Å². The number of halogens is 1. The van der Waals surface area contributed by atoms with Gasteiger partial charge in [0.05, 0.1) is 23.3 Å². The minimum absolute atomic E-state index is 0.00765. The summed E-state index contributed by atoms with van der Waals surface area (Å²) in [6.45, 7) is 2.91. The largest absolute Gasteiger partial charge is 0.367 e. The van der Waals surface area contributed by atoms with Gasteiger partial charge in [-0.15, -0.1) is 5.10 Å². The molecule has 1 N–H and O–H groups in total. The van der Waals surface area contributed by atoms with Gasteiger partial charge in [-0.25, -0.2) is 4.98 Å². The highest BCUT2D eigenvalue weighted by atomic mass is 35.5. The van der Waals surface area contributed by atoms with Gasteiger partial charge in [-0.1, -0.05) is 16.8 Å². The first-order chi connectivity index (χ1) is 11.2. The maximum atomic E-state index is 12.4. The van der Waals surface area contributed by atoms with Crippen LogP contribution in [0.4, 0.5) is 5.82 Å². The Kier molecular flexibility index (Phi) is 5.07. The van der Waals surface area contributed by atoms with Crippen molar-refractivity contribution >= 4 is 23.3 Å². The lowest BCUT2D eigenvalue weighted by molar-refractivity contribution is 0.0724. The highest BCUT2D eigenvalue weighted by molar-refractivity contribution is 6.33. The predicted octanol–water partition coefficient (Wildman–Crippen LogP) is 2.06. The third kappa shape index (κ3) is 3.98. The number of nitrogens with one attached hydrogen (secondary N) is 1. The van der Waals surface area contributed by atoms with Gasteiger partial charge in [0.15, 0.2) is 0 Å². The summed E-state index contributed by atoms with van der Waals surface area (Å²) in [6.07, 6.45) is 8.32. The molecule has 23 heavy (non-hydrogen) atoms. The molecule has 7 nitrogen and oxygen atoms in total. The van der Waals surface area contributed by atoms with Gasteiger partial charge in [0, 0.05) is 32.0 Å². The van der Waals surface area contributed by atoms with E-state index in [0.717, 1.165) is 25.9 Å². The number of nitrogens with zero attached hydrogens (tertiary/aromatic N) is 5. The van der Waals surface area contributed by atoms with Crippen molar-refractivity contribution < 1.29 is 4.79 Å². The number of likely N-dealkylation sites (tertiary alicyclic amines) is 1. The summed E-state index contributed by atoms with van der Waals surface area (Å²) < 4.78 is 1.72. The van der Waals surface area contributed by atoms with Crippen molar-refractivity contribution in [1.29, 1.82) is 0 Å². The number of amides is 1. The Bertz CT molecular complexity index is 654. The summed E-state index contributed by atoms with van der Waals surface area (Å²) >= 11 is 6.24. The number of pyridine rings is 1. The molecular weight excluding hydrogens is 316 g/mol. The van der Waals surface area contributed by atoms with Gasteiger partial charge in [-0.2, -0.15) is 0 Å². The SMILES string of the molecule is O=C(c1cnc(NCCn2ccnn2)c(Cl)c1)N1CCCCC1. The van der Waals surface area contributed by atoms with Crippen molar-refractivity contribution in [3.05, 3.63) is 35.2 Å². The van der Waals surface area contributed by atoms with Crippen LogP contribution in [0.5, 0.6) is 0 Å². The first-order valence-electron chi connectivity index (χ1n) is 7.77. The monoisotopic (exact) mass is 334 g/mol. The number of rotatable bonds is 5. The minimum Gasteiger partial charge on any atom is -0.367 e. The normalized spacial score (nSPS) is 14.7. The van der Waals surface area contributed by atoms with Crippen LogP contribution < -0.4 is 5.32 Å². The molecule has 2 aromatic rings. The van der Waals surface area contributed by atoms with Crippen LogP contribution in [-0.4, -0.2) is 50.4 Å². The Balaban J connectivity index is 1.59. The zero-order chi connectivity index (χ0) is 16.1. The molecule has 0 saturated carbocycles. The number of piperidine rings is 1. The van der Waals surface area contributed by atoms with E-state index >= 15 is 0 Å². The number of anilines is 1. The van der Waals surface area contributed by atoms with Crippen molar-refractivity contribution in [1.82, 2.24) is 24.9 Å². The van der Waals surface area contributed by atoms with Crippen molar-refractivity contribution in [2.45, 2.75) is 25.8 Å². The summed E-state index contributed by atoms with van der Waals surface area (Å²) in [4.78, 5) is 18.6. The quantitative estimate of drug-likeness (QED) is 0.905. The van der Waals surface area contributed by atoms with Crippen molar-refractivity contribution in [3.8, 4) is 0 Å². The van der Waals surface area contributed by atoms with Crippen LogP contribution in [0.2, 0.25) is 5.02 Å². The average molecular weight is 335 g/mol. The summed E-state index contributed by atoms with van der Waals surface area (Å²) in [5.41, 5.74) is 0.540. The second-order valence-electron chi connectivity index (χ2n) is 5.50. The smallest absolute Gasteiger partial charge is 0.255 e. The standard InChI is InChI=1S/C15H19ClN6O/c16-13-10-12(15(23)21-6-2-1-3-7-21)11-18-14(13)17-4-8-22-9-5-19-20-22/h5,9-11H,1-4,6-8H2,(H,17,18). The van der Waals surface area contributed by atoms with E-state index in [1.54, 1.807) is 29.3 Å². The first-order valence-corrected chi connectivity index (χ1v) is 8.14. The van der Waals surface area contributed by atoms with E-state index in [1.165, 1.54) is 6.42 Å². The van der Waals surface area contributed by atoms with E-state index in [0.29, 0.717) is 29.5 Å². The second kappa shape index (κ2) is 7.41. The van der Waals surface area contributed by atoms with E-state index in [9.17, 15) is 4.79 Å². The van der Waals surface area contributed by atoms with Crippen LogP contribution in [0.3, 0.4) is 0 Å². The maximum Gasteiger partial charge on any atom is 0.255 e. The molecule has 0 radical (unpaired) electrons. The highest BCUT2D eigenvalue weighted by Gasteiger charge is 2.19. The second-order valence-corrected chi connectivity index (χ2v) is 5.91. The molecule has 1 saturated heterocycles. The van der Waals surface area contributed by atoms with Gasteiger partial charge in [0.1, 0.15) is 5.82 Å². The molecule has 1 fully saturated rings. The van der Waals surface area contributed by atoms with Gasteiger partial charge in [-0.05, 0) is 25.3 Å². The molecule has 0 bridgehead atoms. The lowest BCUT2D eigenvalue weighted by Crippen LogP contribution is -2.35. The number of carbonyl (C=O) groups excluding carboxylic acids is 1. The molecule has 8 heteroatoms. The Hall–Kier alpha value is -2.15. The van der Waals surface area contributed by atoms with Crippen LogP contribution >= 0.6 is 11.6 Å². The molecule has 1 aliphatic rings. The molecule has 0 spiro atoms. The van der Waals surface area contributed by atoms with Crippen molar-refractivity contribution in [2.24, 2.45) is 0 Å². The Morgan fingerprint density at radius 3 is 2.83 bits per heavy atom. The fourth-order valence-electron chi connectivity index (χ4n) is 2.61. The van der Waals surface area contributed by atoms with Crippen LogP contribution in [0.1, 0.15) is 29.6 Å². The molecule has 1 aliphatic heterocycles. The Morgan fingerprint density at radius 2 is 2.13 bits per heavy atom. The lowest BCUT2D eigenvalue weighted by atomic mass is 10.1. The molecule has 0 unspecified atom stereocenters. The summed E-state index contributed by atoms with van der Waals surface area (Å²) in [5.74, 6) is 0.579. The fraction of sp³-hybridized carbons (Fsp3) is 0.467. The van der Waals surface area contributed by atoms with E-state index < -0.39 is 0 Å². The van der Waals surface area contributed by atoms with Gasteiger partial charge in [-0.3, -0.25) is 9.48 Å². The van der Waals surface area contributed by atoms with Crippen molar-refractivity contribution in [3.63, 3.8) is 0 Å².